The number of rotatable bonds is 5. The molecular weight excluding hydrogens is 256 g/mol. The first-order valence-corrected chi connectivity index (χ1v) is 7.26. The Morgan fingerprint density at radius 3 is 3.18 bits per heavy atom. The monoisotopic (exact) mass is 274 g/mol. The number of thiophene rings is 1. The van der Waals surface area contributed by atoms with Crippen molar-refractivity contribution in [1.29, 1.82) is 0 Å². The van der Waals surface area contributed by atoms with Gasteiger partial charge in [0, 0.05) is 31.1 Å². The number of nitrogens with zero attached hydrogens (tertiary/aromatic N) is 1. The molecule has 1 aliphatic rings. The molecule has 1 atom stereocenters. The molecule has 1 aromatic heterocycles. The minimum Gasteiger partial charge on any atom is -0.374 e. The third-order valence-corrected chi connectivity index (χ3v) is 4.20. The summed E-state index contributed by atoms with van der Waals surface area (Å²) in [6.07, 6.45) is 0.319. The zero-order valence-corrected chi connectivity index (χ0v) is 11.7. The molecule has 1 aromatic rings. The highest BCUT2D eigenvalue weighted by molar-refractivity contribution is 7.16. The summed E-state index contributed by atoms with van der Waals surface area (Å²) in [7, 11) is 0. The van der Waals surface area contributed by atoms with Crippen LogP contribution in [0.2, 0.25) is 4.34 Å². The molecule has 3 nitrogen and oxygen atoms in total. The van der Waals surface area contributed by atoms with E-state index < -0.39 is 0 Å². The molecule has 0 amide bonds. The van der Waals surface area contributed by atoms with Crippen LogP contribution in [0.25, 0.3) is 0 Å². The Kier molecular flexibility index (Phi) is 5.25. The number of nitrogens with one attached hydrogen (secondary N) is 1. The second-order valence-corrected chi connectivity index (χ2v) is 6.02. The SMILES string of the molecule is CCN1CCOC(CNCc2ccc(Cl)s2)C1. The smallest absolute Gasteiger partial charge is 0.0931 e. The van der Waals surface area contributed by atoms with Gasteiger partial charge in [-0.3, -0.25) is 4.90 Å². The molecule has 0 aliphatic carbocycles. The summed E-state index contributed by atoms with van der Waals surface area (Å²) in [4.78, 5) is 3.70. The molecule has 0 aromatic carbocycles. The van der Waals surface area contributed by atoms with Crippen molar-refractivity contribution in [3.63, 3.8) is 0 Å². The summed E-state index contributed by atoms with van der Waals surface area (Å²) in [6, 6.07) is 4.01. The summed E-state index contributed by atoms with van der Waals surface area (Å²) in [5.74, 6) is 0. The van der Waals surface area contributed by atoms with E-state index in [2.05, 4.69) is 23.2 Å². The molecule has 1 N–H and O–H groups in total. The van der Waals surface area contributed by atoms with Crippen LogP contribution in [0.1, 0.15) is 11.8 Å². The summed E-state index contributed by atoms with van der Waals surface area (Å²) in [5, 5.41) is 3.43. The van der Waals surface area contributed by atoms with Crippen LogP contribution in [0.3, 0.4) is 0 Å². The van der Waals surface area contributed by atoms with E-state index in [9.17, 15) is 0 Å². The molecule has 0 radical (unpaired) electrons. The van der Waals surface area contributed by atoms with E-state index in [1.54, 1.807) is 11.3 Å². The highest BCUT2D eigenvalue weighted by atomic mass is 35.5. The fourth-order valence-electron chi connectivity index (χ4n) is 1.99. The molecule has 0 saturated carbocycles. The number of halogens is 1. The lowest BCUT2D eigenvalue weighted by molar-refractivity contribution is -0.0253. The second kappa shape index (κ2) is 6.71. The van der Waals surface area contributed by atoms with Gasteiger partial charge >= 0.3 is 0 Å². The molecule has 0 bridgehead atoms. The van der Waals surface area contributed by atoms with Gasteiger partial charge in [-0.25, -0.2) is 0 Å². The fraction of sp³-hybridized carbons (Fsp3) is 0.667. The zero-order valence-electron chi connectivity index (χ0n) is 10.1. The third-order valence-electron chi connectivity index (χ3n) is 2.97. The summed E-state index contributed by atoms with van der Waals surface area (Å²) < 4.78 is 6.58. The molecule has 2 heterocycles. The summed E-state index contributed by atoms with van der Waals surface area (Å²) >= 11 is 7.52. The summed E-state index contributed by atoms with van der Waals surface area (Å²) in [6.45, 7) is 8.05. The van der Waals surface area contributed by atoms with Gasteiger partial charge in [-0.05, 0) is 18.7 Å². The lowest BCUT2D eigenvalue weighted by Gasteiger charge is -2.32. The number of morpholine rings is 1. The topological polar surface area (TPSA) is 24.5 Å². The van der Waals surface area contributed by atoms with Gasteiger partial charge in [0.25, 0.3) is 0 Å². The first-order chi connectivity index (χ1) is 8.28. The molecule has 2 rings (SSSR count). The highest BCUT2D eigenvalue weighted by Crippen LogP contribution is 2.20. The molecule has 5 heteroatoms. The van der Waals surface area contributed by atoms with Crippen LogP contribution in [-0.2, 0) is 11.3 Å². The Morgan fingerprint density at radius 1 is 1.59 bits per heavy atom. The van der Waals surface area contributed by atoms with Crippen LogP contribution < -0.4 is 5.32 Å². The van der Waals surface area contributed by atoms with E-state index in [0.29, 0.717) is 6.10 Å². The van der Waals surface area contributed by atoms with Crippen molar-refractivity contribution >= 4 is 22.9 Å². The van der Waals surface area contributed by atoms with E-state index in [0.717, 1.165) is 43.7 Å². The minimum atomic E-state index is 0.319. The number of hydrogen-bond donors (Lipinski definition) is 1. The van der Waals surface area contributed by atoms with Crippen LogP contribution in [-0.4, -0.2) is 43.8 Å². The fourth-order valence-corrected chi connectivity index (χ4v) is 3.05. The maximum Gasteiger partial charge on any atom is 0.0931 e. The highest BCUT2D eigenvalue weighted by Gasteiger charge is 2.18. The van der Waals surface area contributed by atoms with Gasteiger partial charge in [0.2, 0.25) is 0 Å². The van der Waals surface area contributed by atoms with Crippen molar-refractivity contribution in [2.75, 3.05) is 32.8 Å². The van der Waals surface area contributed by atoms with Crippen LogP contribution in [0.15, 0.2) is 12.1 Å². The first kappa shape index (κ1) is 13.3. The Labute approximate surface area is 112 Å². The van der Waals surface area contributed by atoms with Gasteiger partial charge in [-0.2, -0.15) is 0 Å². The van der Waals surface area contributed by atoms with Crippen LogP contribution in [0, 0.1) is 0 Å². The Balaban J connectivity index is 1.68. The maximum absolute atomic E-state index is 5.89. The van der Waals surface area contributed by atoms with Crippen molar-refractivity contribution in [2.24, 2.45) is 0 Å². The van der Waals surface area contributed by atoms with Crippen molar-refractivity contribution in [2.45, 2.75) is 19.6 Å². The predicted octanol–water partition coefficient (Wildman–Crippen LogP) is 2.21. The maximum atomic E-state index is 5.89. The average Bonchev–Trinajstić information content (AvgIpc) is 2.75. The quantitative estimate of drug-likeness (QED) is 0.891. The van der Waals surface area contributed by atoms with E-state index in [1.165, 1.54) is 4.88 Å². The van der Waals surface area contributed by atoms with Crippen LogP contribution in [0.4, 0.5) is 0 Å². The van der Waals surface area contributed by atoms with Crippen molar-refractivity contribution < 1.29 is 4.74 Å². The molecule has 0 spiro atoms. The molecule has 1 aliphatic heterocycles. The van der Waals surface area contributed by atoms with Crippen LogP contribution >= 0.6 is 22.9 Å². The third kappa shape index (κ3) is 4.23. The largest absolute Gasteiger partial charge is 0.374 e. The predicted molar refractivity (Wildman–Crippen MR) is 72.9 cm³/mol. The second-order valence-electron chi connectivity index (χ2n) is 4.22. The van der Waals surface area contributed by atoms with Crippen molar-refractivity contribution in [3.8, 4) is 0 Å². The summed E-state index contributed by atoms with van der Waals surface area (Å²) in [5.41, 5.74) is 0. The van der Waals surface area contributed by atoms with Crippen LogP contribution in [0.5, 0.6) is 0 Å². The molecule has 1 unspecified atom stereocenters. The number of hydrogen-bond acceptors (Lipinski definition) is 4. The number of likely N-dealkylation sites (N-methyl/N-ethyl adjacent to an activating group) is 1. The Bertz CT molecular complexity index is 345. The van der Waals surface area contributed by atoms with Gasteiger partial charge in [0.05, 0.1) is 17.0 Å². The van der Waals surface area contributed by atoms with Gasteiger partial charge in [-0.1, -0.05) is 18.5 Å². The van der Waals surface area contributed by atoms with Gasteiger partial charge < -0.3 is 10.1 Å². The molecular formula is C12H19ClN2OS. The van der Waals surface area contributed by atoms with Gasteiger partial charge in [-0.15, -0.1) is 11.3 Å². The average molecular weight is 275 g/mol. The lowest BCUT2D eigenvalue weighted by Crippen LogP contribution is -2.46. The molecule has 1 fully saturated rings. The van der Waals surface area contributed by atoms with E-state index in [-0.39, 0.29) is 0 Å². The van der Waals surface area contributed by atoms with Gasteiger partial charge in [0.1, 0.15) is 0 Å². The lowest BCUT2D eigenvalue weighted by atomic mass is 10.2. The molecule has 1 saturated heterocycles. The van der Waals surface area contributed by atoms with E-state index >= 15 is 0 Å². The van der Waals surface area contributed by atoms with E-state index in [4.69, 9.17) is 16.3 Å². The Hall–Kier alpha value is -0.130. The van der Waals surface area contributed by atoms with Crippen molar-refractivity contribution in [3.05, 3.63) is 21.3 Å². The normalized spacial score (nSPS) is 21.9. The molecule has 96 valence electrons. The first-order valence-electron chi connectivity index (χ1n) is 6.07. The zero-order chi connectivity index (χ0) is 12.1. The molecule has 17 heavy (non-hydrogen) atoms. The Morgan fingerprint density at radius 2 is 2.47 bits per heavy atom. The standard InChI is InChI=1S/C12H19ClN2OS/c1-2-15-5-6-16-10(9-15)7-14-8-11-3-4-12(13)17-11/h3-4,10,14H,2,5-9H2,1H3. The minimum absolute atomic E-state index is 0.319. The van der Waals surface area contributed by atoms with Gasteiger partial charge in [0.15, 0.2) is 0 Å². The van der Waals surface area contributed by atoms with E-state index in [1.807, 2.05) is 6.07 Å². The number of ether oxygens (including phenoxy) is 1. The van der Waals surface area contributed by atoms with Crippen molar-refractivity contribution in [1.82, 2.24) is 10.2 Å².